The lowest BCUT2D eigenvalue weighted by Crippen LogP contribution is -2.37. The summed E-state index contributed by atoms with van der Waals surface area (Å²) in [5.74, 6) is 1.97. The number of fused-ring (bicyclic) bond motifs is 1. The van der Waals surface area contributed by atoms with E-state index in [2.05, 4.69) is 26.1 Å². The van der Waals surface area contributed by atoms with Gasteiger partial charge in [0, 0.05) is 0 Å². The third kappa shape index (κ3) is 4.77. The zero-order valence-electron chi connectivity index (χ0n) is 17.2. The molecule has 0 saturated carbocycles. The van der Waals surface area contributed by atoms with Gasteiger partial charge in [0.1, 0.15) is 19.0 Å². The summed E-state index contributed by atoms with van der Waals surface area (Å²) in [6.07, 6.45) is -0.597. The van der Waals surface area contributed by atoms with Crippen LogP contribution in [0.5, 0.6) is 17.2 Å². The molecule has 28 heavy (non-hydrogen) atoms. The zero-order valence-corrected chi connectivity index (χ0v) is 17.2. The summed E-state index contributed by atoms with van der Waals surface area (Å²) >= 11 is 0. The summed E-state index contributed by atoms with van der Waals surface area (Å²) in [5, 5.41) is 3.00. The molecular weight excluding hydrogens is 354 g/mol. The maximum absolute atomic E-state index is 12.6. The molecule has 1 heterocycles. The summed E-state index contributed by atoms with van der Waals surface area (Å²) in [7, 11) is 0. The van der Waals surface area contributed by atoms with Gasteiger partial charge in [-0.1, -0.05) is 39.0 Å². The second-order valence-electron chi connectivity index (χ2n) is 8.17. The third-order valence-corrected chi connectivity index (χ3v) is 4.83. The number of benzene rings is 2. The van der Waals surface area contributed by atoms with Crippen LogP contribution in [0.1, 0.15) is 51.8 Å². The SMILES string of the molecule is CC(Oc1ccc(C(C)(C)C)cc1)C(=O)NC(C)c1ccc2c(c1)OCCO2. The van der Waals surface area contributed by atoms with Crippen molar-refractivity contribution in [2.24, 2.45) is 0 Å². The molecular formula is C23H29NO4. The minimum absolute atomic E-state index is 0.0839. The predicted molar refractivity (Wildman–Crippen MR) is 109 cm³/mol. The van der Waals surface area contributed by atoms with Crippen molar-refractivity contribution < 1.29 is 19.0 Å². The summed E-state index contributed by atoms with van der Waals surface area (Å²) in [4.78, 5) is 12.6. The standard InChI is InChI=1S/C23H29NO4/c1-15(17-6-11-20-21(14-17)27-13-12-26-20)24-22(25)16(2)28-19-9-7-18(8-10-19)23(3,4)5/h6-11,14-16H,12-13H2,1-5H3,(H,24,25). The first-order valence-electron chi connectivity index (χ1n) is 9.71. The maximum Gasteiger partial charge on any atom is 0.261 e. The van der Waals surface area contributed by atoms with Gasteiger partial charge in [-0.3, -0.25) is 4.79 Å². The minimum Gasteiger partial charge on any atom is -0.486 e. The van der Waals surface area contributed by atoms with E-state index < -0.39 is 6.10 Å². The van der Waals surface area contributed by atoms with E-state index in [-0.39, 0.29) is 17.4 Å². The van der Waals surface area contributed by atoms with Gasteiger partial charge in [0.25, 0.3) is 5.91 Å². The Kier molecular flexibility index (Phi) is 5.82. The fourth-order valence-corrected chi connectivity index (χ4v) is 3.03. The van der Waals surface area contributed by atoms with Crippen LogP contribution in [0, 0.1) is 0 Å². The van der Waals surface area contributed by atoms with E-state index >= 15 is 0 Å². The van der Waals surface area contributed by atoms with Gasteiger partial charge in [-0.2, -0.15) is 0 Å². The van der Waals surface area contributed by atoms with Crippen LogP contribution in [-0.4, -0.2) is 25.2 Å². The molecule has 2 aromatic rings. The predicted octanol–water partition coefficient (Wildman–Crippen LogP) is 4.40. The molecule has 0 fully saturated rings. The average Bonchev–Trinajstić information content (AvgIpc) is 2.67. The van der Waals surface area contributed by atoms with Gasteiger partial charge in [-0.25, -0.2) is 0 Å². The summed E-state index contributed by atoms with van der Waals surface area (Å²) in [6, 6.07) is 13.5. The summed E-state index contributed by atoms with van der Waals surface area (Å²) in [6.45, 7) is 11.3. The molecule has 2 atom stereocenters. The zero-order chi connectivity index (χ0) is 20.3. The van der Waals surface area contributed by atoms with Crippen molar-refractivity contribution in [3.05, 3.63) is 53.6 Å². The van der Waals surface area contributed by atoms with E-state index in [1.165, 1.54) is 5.56 Å². The second kappa shape index (κ2) is 8.13. The number of rotatable bonds is 5. The van der Waals surface area contributed by atoms with Crippen LogP contribution in [0.2, 0.25) is 0 Å². The molecule has 0 bridgehead atoms. The van der Waals surface area contributed by atoms with Crippen LogP contribution in [0.15, 0.2) is 42.5 Å². The van der Waals surface area contributed by atoms with Crippen molar-refractivity contribution in [2.75, 3.05) is 13.2 Å². The number of carbonyl (C=O) groups excluding carboxylic acids is 1. The van der Waals surface area contributed by atoms with Crippen molar-refractivity contribution in [3.8, 4) is 17.2 Å². The Bertz CT molecular complexity index is 823. The van der Waals surface area contributed by atoms with Crippen molar-refractivity contribution in [1.29, 1.82) is 0 Å². The van der Waals surface area contributed by atoms with Gasteiger partial charge >= 0.3 is 0 Å². The summed E-state index contributed by atoms with van der Waals surface area (Å²) < 4.78 is 17.0. The van der Waals surface area contributed by atoms with Crippen molar-refractivity contribution in [2.45, 2.75) is 52.2 Å². The van der Waals surface area contributed by atoms with Crippen molar-refractivity contribution in [3.63, 3.8) is 0 Å². The van der Waals surface area contributed by atoms with Gasteiger partial charge in [0.2, 0.25) is 0 Å². The lowest BCUT2D eigenvalue weighted by atomic mass is 9.87. The number of ether oxygens (including phenoxy) is 3. The smallest absolute Gasteiger partial charge is 0.261 e. The van der Waals surface area contributed by atoms with Crippen LogP contribution in [0.25, 0.3) is 0 Å². The second-order valence-corrected chi connectivity index (χ2v) is 8.17. The maximum atomic E-state index is 12.6. The Labute approximate surface area is 167 Å². The normalized spacial score (nSPS) is 15.5. The molecule has 5 nitrogen and oxygen atoms in total. The molecule has 3 rings (SSSR count). The highest BCUT2D eigenvalue weighted by Crippen LogP contribution is 2.32. The Morgan fingerprint density at radius 3 is 2.29 bits per heavy atom. The quantitative estimate of drug-likeness (QED) is 0.831. The van der Waals surface area contributed by atoms with Gasteiger partial charge in [-0.15, -0.1) is 0 Å². The van der Waals surface area contributed by atoms with E-state index in [9.17, 15) is 4.79 Å². The number of hydrogen-bond donors (Lipinski definition) is 1. The molecule has 0 saturated heterocycles. The van der Waals surface area contributed by atoms with Gasteiger partial charge < -0.3 is 19.5 Å². The van der Waals surface area contributed by atoms with Crippen molar-refractivity contribution in [1.82, 2.24) is 5.32 Å². The lowest BCUT2D eigenvalue weighted by molar-refractivity contribution is -0.127. The Morgan fingerprint density at radius 2 is 1.64 bits per heavy atom. The molecule has 1 amide bonds. The number of carbonyl (C=O) groups is 1. The molecule has 1 aliphatic rings. The average molecular weight is 383 g/mol. The van der Waals surface area contributed by atoms with E-state index in [0.717, 1.165) is 11.3 Å². The lowest BCUT2D eigenvalue weighted by Gasteiger charge is -2.22. The fourth-order valence-electron chi connectivity index (χ4n) is 3.03. The van der Waals surface area contributed by atoms with Crippen LogP contribution in [0.4, 0.5) is 0 Å². The largest absolute Gasteiger partial charge is 0.486 e. The molecule has 1 aliphatic heterocycles. The highest BCUT2D eigenvalue weighted by Gasteiger charge is 2.20. The van der Waals surface area contributed by atoms with Crippen LogP contribution >= 0.6 is 0 Å². The highest BCUT2D eigenvalue weighted by molar-refractivity contribution is 5.81. The molecule has 0 radical (unpaired) electrons. The molecule has 0 aliphatic carbocycles. The molecule has 0 spiro atoms. The van der Waals surface area contributed by atoms with Crippen LogP contribution < -0.4 is 19.5 Å². The van der Waals surface area contributed by atoms with E-state index in [1.807, 2.05) is 49.4 Å². The van der Waals surface area contributed by atoms with Gasteiger partial charge in [-0.05, 0) is 54.7 Å². The van der Waals surface area contributed by atoms with E-state index in [0.29, 0.717) is 24.7 Å². The first kappa shape index (κ1) is 20.1. The third-order valence-electron chi connectivity index (χ3n) is 4.83. The highest BCUT2D eigenvalue weighted by atomic mass is 16.6. The number of nitrogens with one attached hydrogen (secondary N) is 1. The molecule has 150 valence electrons. The van der Waals surface area contributed by atoms with E-state index in [4.69, 9.17) is 14.2 Å². The van der Waals surface area contributed by atoms with Gasteiger partial charge in [0.15, 0.2) is 17.6 Å². The molecule has 5 heteroatoms. The van der Waals surface area contributed by atoms with Crippen molar-refractivity contribution >= 4 is 5.91 Å². The molecule has 1 N–H and O–H groups in total. The van der Waals surface area contributed by atoms with Crippen LogP contribution in [0.3, 0.4) is 0 Å². The molecule has 2 unspecified atom stereocenters. The topological polar surface area (TPSA) is 56.8 Å². The number of amides is 1. The Balaban J connectivity index is 1.59. The van der Waals surface area contributed by atoms with Crippen LogP contribution in [-0.2, 0) is 10.2 Å². The molecule has 2 aromatic carbocycles. The monoisotopic (exact) mass is 383 g/mol. The fraction of sp³-hybridized carbons (Fsp3) is 0.435. The Hall–Kier alpha value is -2.69. The first-order valence-corrected chi connectivity index (χ1v) is 9.71. The van der Waals surface area contributed by atoms with E-state index in [1.54, 1.807) is 6.92 Å². The summed E-state index contributed by atoms with van der Waals surface area (Å²) in [5.41, 5.74) is 2.27. The number of hydrogen-bond acceptors (Lipinski definition) is 4. The minimum atomic E-state index is -0.597. The van der Waals surface area contributed by atoms with Gasteiger partial charge in [0.05, 0.1) is 6.04 Å². The Morgan fingerprint density at radius 1 is 1.00 bits per heavy atom. The molecule has 0 aromatic heterocycles. The first-order chi connectivity index (χ1) is 13.2.